The van der Waals surface area contributed by atoms with Crippen LogP contribution in [0.1, 0.15) is 25.0 Å². The molecule has 0 aliphatic carbocycles. The highest BCUT2D eigenvalue weighted by atomic mass is 32.2. The fourth-order valence-electron chi connectivity index (χ4n) is 4.81. The first kappa shape index (κ1) is 30.8. The van der Waals surface area contributed by atoms with Gasteiger partial charge in [-0.2, -0.15) is 4.31 Å². The van der Waals surface area contributed by atoms with Gasteiger partial charge in [0.25, 0.3) is 0 Å². The number of aliphatic hydroxyl groups excluding tert-OH is 1. The second-order valence-corrected chi connectivity index (χ2v) is 12.4. The average Bonchev–Trinajstić information content (AvgIpc) is 2.97. The number of nitrogens with zero attached hydrogens (tertiary/aromatic N) is 3. The molecule has 10 nitrogen and oxygen atoms in total. The number of sulfonamides is 1. The summed E-state index contributed by atoms with van der Waals surface area (Å²) in [4.78, 5) is 16.8. The lowest BCUT2D eigenvalue weighted by atomic mass is 10.0. The van der Waals surface area contributed by atoms with Gasteiger partial charge in [-0.05, 0) is 43.3 Å². The summed E-state index contributed by atoms with van der Waals surface area (Å²) in [5.74, 6) is 6.71. The summed E-state index contributed by atoms with van der Waals surface area (Å²) >= 11 is 0. The van der Waals surface area contributed by atoms with Gasteiger partial charge in [-0.25, -0.2) is 8.42 Å². The Kier molecular flexibility index (Phi) is 10.3. The van der Waals surface area contributed by atoms with E-state index in [1.165, 1.54) is 10.4 Å². The van der Waals surface area contributed by atoms with Crippen LogP contribution in [0.25, 0.3) is 0 Å². The number of carbonyl (C=O) groups is 1. The van der Waals surface area contributed by atoms with Crippen molar-refractivity contribution in [1.29, 1.82) is 0 Å². The molecular formula is C30H39N3O7S. The quantitative estimate of drug-likeness (QED) is 0.489. The van der Waals surface area contributed by atoms with Gasteiger partial charge in [0.2, 0.25) is 15.9 Å². The minimum absolute atomic E-state index is 0.00364. The SMILES string of the molecule is COc1cccc(C#Cc2ccc3c(c2)O[C@@H](CN(C)C(=O)CN2CCOCC2)[C@H](C)CN([C@@H](C)CO)S3(=O)=O)c1. The molecular weight excluding hydrogens is 546 g/mol. The number of aliphatic hydroxyl groups is 1. The van der Waals surface area contributed by atoms with E-state index in [0.29, 0.717) is 37.6 Å². The molecule has 2 heterocycles. The molecule has 3 atom stereocenters. The molecule has 1 N–H and O–H groups in total. The number of amides is 1. The van der Waals surface area contributed by atoms with Crippen LogP contribution in [-0.4, -0.2) is 112 Å². The summed E-state index contributed by atoms with van der Waals surface area (Å²) in [6.45, 7) is 6.55. The number of hydrogen-bond acceptors (Lipinski definition) is 8. The normalized spacial score (nSPS) is 21.7. The van der Waals surface area contributed by atoms with Crippen LogP contribution in [0.2, 0.25) is 0 Å². The van der Waals surface area contributed by atoms with Gasteiger partial charge in [0.15, 0.2) is 0 Å². The lowest BCUT2D eigenvalue weighted by molar-refractivity contribution is -0.133. The van der Waals surface area contributed by atoms with Crippen LogP contribution in [0, 0.1) is 17.8 Å². The predicted octanol–water partition coefficient (Wildman–Crippen LogP) is 1.65. The summed E-state index contributed by atoms with van der Waals surface area (Å²) in [5.41, 5.74) is 1.33. The monoisotopic (exact) mass is 585 g/mol. The molecule has 2 aromatic rings. The predicted molar refractivity (Wildman–Crippen MR) is 154 cm³/mol. The van der Waals surface area contributed by atoms with Gasteiger partial charge in [-0.3, -0.25) is 9.69 Å². The topological polar surface area (TPSA) is 109 Å². The number of morpholine rings is 1. The Balaban J connectivity index is 1.65. The minimum atomic E-state index is -3.98. The number of likely N-dealkylation sites (N-methyl/N-ethyl adjacent to an activating group) is 1. The van der Waals surface area contributed by atoms with Crippen molar-refractivity contribution >= 4 is 15.9 Å². The third-order valence-electron chi connectivity index (χ3n) is 7.43. The summed E-state index contributed by atoms with van der Waals surface area (Å²) < 4.78 is 45.9. The average molecular weight is 586 g/mol. The Morgan fingerprint density at radius 1 is 1.17 bits per heavy atom. The van der Waals surface area contributed by atoms with Gasteiger partial charge in [0.1, 0.15) is 22.5 Å². The summed E-state index contributed by atoms with van der Waals surface area (Å²) in [6.07, 6.45) is -0.502. The summed E-state index contributed by atoms with van der Waals surface area (Å²) in [7, 11) is -0.658. The van der Waals surface area contributed by atoms with E-state index < -0.39 is 22.2 Å². The van der Waals surface area contributed by atoms with E-state index in [4.69, 9.17) is 14.2 Å². The lowest BCUT2D eigenvalue weighted by Gasteiger charge is -2.38. The highest BCUT2D eigenvalue weighted by Gasteiger charge is 2.38. The molecule has 2 aliphatic rings. The van der Waals surface area contributed by atoms with Crippen molar-refractivity contribution in [2.45, 2.75) is 30.9 Å². The Labute approximate surface area is 242 Å². The third kappa shape index (κ3) is 7.58. The first-order valence-corrected chi connectivity index (χ1v) is 15.2. The molecule has 0 saturated carbocycles. The molecule has 1 saturated heterocycles. The smallest absolute Gasteiger partial charge is 0.247 e. The van der Waals surface area contributed by atoms with E-state index in [0.717, 1.165) is 5.56 Å². The van der Waals surface area contributed by atoms with E-state index in [1.807, 2.05) is 31.2 Å². The maximum atomic E-state index is 13.7. The van der Waals surface area contributed by atoms with E-state index in [9.17, 15) is 18.3 Å². The van der Waals surface area contributed by atoms with E-state index in [2.05, 4.69) is 16.7 Å². The van der Waals surface area contributed by atoms with E-state index in [-0.39, 0.29) is 48.7 Å². The van der Waals surface area contributed by atoms with E-state index >= 15 is 0 Å². The van der Waals surface area contributed by atoms with Crippen LogP contribution in [0.15, 0.2) is 47.4 Å². The second kappa shape index (κ2) is 13.7. The molecule has 2 aliphatic heterocycles. The van der Waals surface area contributed by atoms with Crippen molar-refractivity contribution in [3.63, 3.8) is 0 Å². The number of hydrogen-bond donors (Lipinski definition) is 1. The maximum absolute atomic E-state index is 13.7. The van der Waals surface area contributed by atoms with Crippen LogP contribution in [0.3, 0.4) is 0 Å². The highest BCUT2D eigenvalue weighted by molar-refractivity contribution is 7.89. The number of ether oxygens (including phenoxy) is 3. The van der Waals surface area contributed by atoms with Crippen LogP contribution in [-0.2, 0) is 19.6 Å². The molecule has 4 rings (SSSR count). The fourth-order valence-corrected chi connectivity index (χ4v) is 6.64. The molecule has 222 valence electrons. The van der Waals surface area contributed by atoms with Crippen LogP contribution in [0.4, 0.5) is 0 Å². The summed E-state index contributed by atoms with van der Waals surface area (Å²) in [5, 5.41) is 9.88. The standard InChI is InChI=1S/C30H39N3O7S/c1-22-18-33(23(2)21-34)41(36,37)29-11-10-25(9-8-24-6-5-7-26(16-24)38-4)17-27(29)40-28(22)19-31(3)30(35)20-32-12-14-39-15-13-32/h5-7,10-11,16-17,22-23,28,34H,12-15,18-21H2,1-4H3/t22-,23+,28+/m1/s1. The van der Waals surface area contributed by atoms with Crippen molar-refractivity contribution in [3.8, 4) is 23.3 Å². The second-order valence-electron chi connectivity index (χ2n) is 10.5. The third-order valence-corrected chi connectivity index (χ3v) is 9.45. The number of benzene rings is 2. The Bertz CT molecular complexity index is 1380. The number of fused-ring (bicyclic) bond motifs is 1. The zero-order valence-corrected chi connectivity index (χ0v) is 24.9. The minimum Gasteiger partial charge on any atom is -0.497 e. The van der Waals surface area contributed by atoms with Crippen molar-refractivity contribution in [3.05, 3.63) is 53.6 Å². The highest BCUT2D eigenvalue weighted by Crippen LogP contribution is 2.34. The first-order chi connectivity index (χ1) is 19.6. The van der Waals surface area contributed by atoms with E-state index in [1.54, 1.807) is 38.1 Å². The molecule has 1 amide bonds. The van der Waals surface area contributed by atoms with Crippen LogP contribution >= 0.6 is 0 Å². The molecule has 0 unspecified atom stereocenters. The first-order valence-electron chi connectivity index (χ1n) is 13.8. The Hall–Kier alpha value is -3.14. The van der Waals surface area contributed by atoms with Gasteiger partial charge in [0.05, 0.1) is 40.0 Å². The molecule has 0 bridgehead atoms. The molecule has 41 heavy (non-hydrogen) atoms. The molecule has 0 aromatic heterocycles. The van der Waals surface area contributed by atoms with Gasteiger partial charge < -0.3 is 24.2 Å². The van der Waals surface area contributed by atoms with Crippen LogP contribution in [0.5, 0.6) is 11.5 Å². The lowest BCUT2D eigenvalue weighted by Crippen LogP contribution is -2.51. The van der Waals surface area contributed by atoms with Crippen molar-refractivity contribution in [2.75, 3.05) is 66.7 Å². The van der Waals surface area contributed by atoms with Gasteiger partial charge in [-0.15, -0.1) is 0 Å². The zero-order chi connectivity index (χ0) is 29.6. The van der Waals surface area contributed by atoms with Crippen molar-refractivity contribution in [1.82, 2.24) is 14.1 Å². The molecule has 2 aromatic carbocycles. The Morgan fingerprint density at radius 2 is 1.88 bits per heavy atom. The van der Waals surface area contributed by atoms with Crippen LogP contribution < -0.4 is 9.47 Å². The van der Waals surface area contributed by atoms with Gasteiger partial charge >= 0.3 is 0 Å². The maximum Gasteiger partial charge on any atom is 0.247 e. The number of rotatable bonds is 7. The molecule has 0 spiro atoms. The van der Waals surface area contributed by atoms with Gasteiger partial charge in [0, 0.05) is 49.8 Å². The molecule has 11 heteroatoms. The van der Waals surface area contributed by atoms with Crippen molar-refractivity contribution in [2.24, 2.45) is 5.92 Å². The molecule has 1 fully saturated rings. The zero-order valence-electron chi connectivity index (χ0n) is 24.1. The molecule has 0 radical (unpaired) electrons. The number of methoxy groups -OCH3 is 1. The number of carbonyl (C=O) groups excluding carboxylic acids is 1. The van der Waals surface area contributed by atoms with Crippen molar-refractivity contribution < 1.29 is 32.5 Å². The largest absolute Gasteiger partial charge is 0.497 e. The van der Waals surface area contributed by atoms with Gasteiger partial charge in [-0.1, -0.05) is 24.8 Å². The fraction of sp³-hybridized carbons (Fsp3) is 0.500. The Morgan fingerprint density at radius 3 is 2.56 bits per heavy atom. The summed E-state index contributed by atoms with van der Waals surface area (Å²) in [6, 6.07) is 11.5.